The lowest BCUT2D eigenvalue weighted by molar-refractivity contribution is 0.0907. The normalized spacial score (nSPS) is 11.2. The molecule has 0 radical (unpaired) electrons. The number of carbonyl (C=O) groups is 1. The number of rotatable bonds is 5. The number of alkyl halides is 1. The van der Waals surface area contributed by atoms with E-state index in [9.17, 15) is 9.18 Å². The Morgan fingerprint density at radius 1 is 1.50 bits per heavy atom. The number of amides is 1. The first-order chi connectivity index (χ1) is 8.39. The maximum atomic E-state index is 13.7. The van der Waals surface area contributed by atoms with Crippen LogP contribution in [-0.2, 0) is 0 Å². The standard InChI is InChI=1S/C13H17BrFNO2/c1-13(2,6-7-14)16-12(17)10-5-4-9(18-3)8-11(10)15/h4-5,8H,6-7H2,1-3H3,(H,16,17). The molecule has 0 saturated heterocycles. The van der Waals surface area contributed by atoms with Crippen LogP contribution in [0, 0.1) is 5.82 Å². The number of ether oxygens (including phenoxy) is 1. The summed E-state index contributed by atoms with van der Waals surface area (Å²) >= 11 is 3.32. The van der Waals surface area contributed by atoms with Crippen LogP contribution < -0.4 is 10.1 Å². The fourth-order valence-corrected chi connectivity index (χ4v) is 2.47. The molecular weight excluding hydrogens is 301 g/mol. The molecule has 3 nitrogen and oxygen atoms in total. The molecule has 1 rings (SSSR count). The molecule has 1 amide bonds. The number of benzene rings is 1. The van der Waals surface area contributed by atoms with Crippen LogP contribution in [0.4, 0.5) is 4.39 Å². The predicted molar refractivity (Wildman–Crippen MR) is 72.9 cm³/mol. The minimum atomic E-state index is -0.582. The molecule has 0 aliphatic heterocycles. The van der Waals surface area contributed by atoms with Gasteiger partial charge in [0, 0.05) is 16.9 Å². The molecule has 100 valence electrons. The van der Waals surface area contributed by atoms with Crippen LogP contribution in [0.3, 0.4) is 0 Å². The molecule has 1 aromatic carbocycles. The summed E-state index contributed by atoms with van der Waals surface area (Å²) in [5.74, 6) is -0.605. The summed E-state index contributed by atoms with van der Waals surface area (Å²) in [5.41, 5.74) is -0.356. The third kappa shape index (κ3) is 3.98. The number of methoxy groups -OCH3 is 1. The summed E-state index contributed by atoms with van der Waals surface area (Å²) in [7, 11) is 1.45. The Morgan fingerprint density at radius 2 is 2.17 bits per heavy atom. The molecule has 0 fully saturated rings. The minimum Gasteiger partial charge on any atom is -0.497 e. The van der Waals surface area contributed by atoms with Gasteiger partial charge in [0.1, 0.15) is 11.6 Å². The van der Waals surface area contributed by atoms with Crippen LogP contribution >= 0.6 is 15.9 Å². The van der Waals surface area contributed by atoms with E-state index in [2.05, 4.69) is 21.2 Å². The van der Waals surface area contributed by atoms with Crippen LogP contribution in [0.2, 0.25) is 0 Å². The summed E-state index contributed by atoms with van der Waals surface area (Å²) < 4.78 is 18.6. The first-order valence-electron chi connectivity index (χ1n) is 5.61. The van der Waals surface area contributed by atoms with Gasteiger partial charge in [-0.15, -0.1) is 0 Å². The lowest BCUT2D eigenvalue weighted by atomic mass is 10.0. The van der Waals surface area contributed by atoms with Gasteiger partial charge in [-0.05, 0) is 32.4 Å². The SMILES string of the molecule is COc1ccc(C(=O)NC(C)(C)CCBr)c(F)c1. The summed E-state index contributed by atoms with van der Waals surface area (Å²) in [6, 6.07) is 4.19. The lowest BCUT2D eigenvalue weighted by Gasteiger charge is -2.25. The monoisotopic (exact) mass is 317 g/mol. The molecule has 5 heteroatoms. The highest BCUT2D eigenvalue weighted by Gasteiger charge is 2.22. The van der Waals surface area contributed by atoms with Gasteiger partial charge in [0.2, 0.25) is 0 Å². The second-order valence-electron chi connectivity index (χ2n) is 4.62. The van der Waals surface area contributed by atoms with E-state index in [1.807, 2.05) is 13.8 Å². The Hall–Kier alpha value is -1.10. The topological polar surface area (TPSA) is 38.3 Å². The maximum absolute atomic E-state index is 13.7. The van der Waals surface area contributed by atoms with Gasteiger partial charge in [0.05, 0.1) is 12.7 Å². The highest BCUT2D eigenvalue weighted by molar-refractivity contribution is 9.09. The number of hydrogen-bond donors (Lipinski definition) is 1. The number of halogens is 2. The van der Waals surface area contributed by atoms with E-state index < -0.39 is 11.7 Å². The van der Waals surface area contributed by atoms with Crippen LogP contribution in [0.25, 0.3) is 0 Å². The van der Waals surface area contributed by atoms with Crippen molar-refractivity contribution >= 4 is 21.8 Å². The highest BCUT2D eigenvalue weighted by atomic mass is 79.9. The first kappa shape index (κ1) is 15.0. The fourth-order valence-electron chi connectivity index (χ4n) is 1.48. The van der Waals surface area contributed by atoms with E-state index in [0.717, 1.165) is 11.8 Å². The molecule has 0 unspecified atom stereocenters. The maximum Gasteiger partial charge on any atom is 0.254 e. The van der Waals surface area contributed by atoms with Gasteiger partial charge >= 0.3 is 0 Å². The minimum absolute atomic E-state index is 0.0263. The molecule has 0 atom stereocenters. The number of hydrogen-bond acceptors (Lipinski definition) is 2. The molecule has 18 heavy (non-hydrogen) atoms. The molecule has 0 spiro atoms. The molecule has 1 aromatic rings. The van der Waals surface area contributed by atoms with Crippen molar-refractivity contribution in [3.05, 3.63) is 29.6 Å². The zero-order valence-electron chi connectivity index (χ0n) is 10.7. The molecule has 0 bridgehead atoms. The Kier molecular flexibility index (Phi) is 5.14. The third-order valence-corrected chi connectivity index (χ3v) is 2.99. The Bertz CT molecular complexity index is 435. The van der Waals surface area contributed by atoms with E-state index >= 15 is 0 Å². The quantitative estimate of drug-likeness (QED) is 0.847. The highest BCUT2D eigenvalue weighted by Crippen LogP contribution is 2.18. The summed E-state index contributed by atoms with van der Waals surface area (Å²) in [4.78, 5) is 11.9. The van der Waals surface area contributed by atoms with Gasteiger partial charge in [-0.3, -0.25) is 4.79 Å². The Morgan fingerprint density at radius 3 is 2.67 bits per heavy atom. The van der Waals surface area contributed by atoms with Crippen LogP contribution in [0.15, 0.2) is 18.2 Å². The van der Waals surface area contributed by atoms with Gasteiger partial charge in [-0.25, -0.2) is 4.39 Å². The number of nitrogens with one attached hydrogen (secondary N) is 1. The largest absolute Gasteiger partial charge is 0.497 e. The number of carbonyl (C=O) groups excluding carboxylic acids is 1. The van der Waals surface area contributed by atoms with Crippen molar-refractivity contribution in [2.45, 2.75) is 25.8 Å². The van der Waals surface area contributed by atoms with Crippen molar-refractivity contribution < 1.29 is 13.9 Å². The van der Waals surface area contributed by atoms with Crippen molar-refractivity contribution in [3.63, 3.8) is 0 Å². The van der Waals surface area contributed by atoms with Crippen molar-refractivity contribution in [1.29, 1.82) is 0 Å². The van der Waals surface area contributed by atoms with E-state index in [4.69, 9.17) is 4.74 Å². The molecular formula is C13H17BrFNO2. The molecule has 1 N–H and O–H groups in total. The third-order valence-electron chi connectivity index (χ3n) is 2.59. The van der Waals surface area contributed by atoms with Crippen LogP contribution in [-0.4, -0.2) is 23.9 Å². The zero-order valence-corrected chi connectivity index (χ0v) is 12.3. The molecule has 0 heterocycles. The summed E-state index contributed by atoms with van der Waals surface area (Å²) in [6.07, 6.45) is 0.760. The van der Waals surface area contributed by atoms with Crippen molar-refractivity contribution in [3.8, 4) is 5.75 Å². The Balaban J connectivity index is 2.85. The average molecular weight is 318 g/mol. The Labute approximate surface area is 115 Å². The van der Waals surface area contributed by atoms with Gasteiger partial charge in [0.15, 0.2) is 0 Å². The van der Waals surface area contributed by atoms with E-state index in [0.29, 0.717) is 5.75 Å². The second kappa shape index (κ2) is 6.18. The molecule has 0 saturated carbocycles. The summed E-state index contributed by atoms with van der Waals surface area (Å²) in [5, 5.41) is 3.57. The molecule has 0 aromatic heterocycles. The van der Waals surface area contributed by atoms with Gasteiger partial charge < -0.3 is 10.1 Å². The van der Waals surface area contributed by atoms with Crippen molar-refractivity contribution in [1.82, 2.24) is 5.32 Å². The lowest BCUT2D eigenvalue weighted by Crippen LogP contribution is -2.43. The van der Waals surface area contributed by atoms with Gasteiger partial charge in [-0.1, -0.05) is 15.9 Å². The second-order valence-corrected chi connectivity index (χ2v) is 5.42. The van der Waals surface area contributed by atoms with Crippen molar-refractivity contribution in [2.24, 2.45) is 0 Å². The van der Waals surface area contributed by atoms with E-state index in [-0.39, 0.29) is 11.1 Å². The van der Waals surface area contributed by atoms with Crippen LogP contribution in [0.5, 0.6) is 5.75 Å². The van der Waals surface area contributed by atoms with Crippen LogP contribution in [0.1, 0.15) is 30.6 Å². The molecule has 0 aliphatic carbocycles. The molecule has 0 aliphatic rings. The predicted octanol–water partition coefficient (Wildman–Crippen LogP) is 3.13. The van der Waals surface area contributed by atoms with Crippen molar-refractivity contribution in [2.75, 3.05) is 12.4 Å². The smallest absolute Gasteiger partial charge is 0.254 e. The van der Waals surface area contributed by atoms with Gasteiger partial charge in [-0.2, -0.15) is 0 Å². The van der Waals surface area contributed by atoms with E-state index in [1.54, 1.807) is 6.07 Å². The van der Waals surface area contributed by atoms with Gasteiger partial charge in [0.25, 0.3) is 5.91 Å². The zero-order chi connectivity index (χ0) is 13.8. The fraction of sp³-hybridized carbons (Fsp3) is 0.462. The summed E-state index contributed by atoms with van der Waals surface area (Å²) in [6.45, 7) is 3.79. The average Bonchev–Trinajstić information content (AvgIpc) is 2.27. The first-order valence-corrected chi connectivity index (χ1v) is 6.74. The van der Waals surface area contributed by atoms with E-state index in [1.165, 1.54) is 19.2 Å².